The van der Waals surface area contributed by atoms with Gasteiger partial charge in [-0.15, -0.1) is 0 Å². The topological polar surface area (TPSA) is 41.6 Å². The lowest BCUT2D eigenvalue weighted by molar-refractivity contribution is -0.146. The second kappa shape index (κ2) is 5.94. The van der Waals surface area contributed by atoms with E-state index < -0.39 is 0 Å². The second-order valence-electron chi connectivity index (χ2n) is 5.81. The summed E-state index contributed by atoms with van der Waals surface area (Å²) in [5, 5.41) is 3.36. The van der Waals surface area contributed by atoms with Crippen LogP contribution in [0.15, 0.2) is 12.1 Å². The minimum absolute atomic E-state index is 0.215. The van der Waals surface area contributed by atoms with E-state index in [1.807, 2.05) is 11.9 Å². The second-order valence-corrected chi connectivity index (χ2v) is 5.81. The molecule has 4 heteroatoms. The van der Waals surface area contributed by atoms with E-state index in [4.69, 9.17) is 4.74 Å². The molecule has 1 aromatic rings. The van der Waals surface area contributed by atoms with E-state index in [0.717, 1.165) is 13.0 Å². The summed E-state index contributed by atoms with van der Waals surface area (Å²) in [5.41, 5.74) is 5.33. The number of nitrogens with one attached hydrogen (secondary N) is 1. The summed E-state index contributed by atoms with van der Waals surface area (Å²) >= 11 is 0. The maximum Gasteiger partial charge on any atom is 0.338 e. The highest BCUT2D eigenvalue weighted by molar-refractivity contribution is 5.75. The molecule has 0 saturated carbocycles. The number of carbonyl (C=O) groups excluding carboxylic acids is 1. The fourth-order valence-corrected chi connectivity index (χ4v) is 3.12. The van der Waals surface area contributed by atoms with Crippen LogP contribution in [0.2, 0.25) is 0 Å². The van der Waals surface area contributed by atoms with Crippen molar-refractivity contribution in [1.29, 1.82) is 0 Å². The fraction of sp³-hybridized carbons (Fsp3) is 0.562. The van der Waals surface area contributed by atoms with Gasteiger partial charge in [0.05, 0.1) is 7.11 Å². The van der Waals surface area contributed by atoms with Crippen LogP contribution in [0.25, 0.3) is 0 Å². The Kier molecular flexibility index (Phi) is 4.45. The Labute approximate surface area is 121 Å². The van der Waals surface area contributed by atoms with Gasteiger partial charge < -0.3 is 4.74 Å². The van der Waals surface area contributed by atoms with Gasteiger partial charge >= 0.3 is 5.97 Å². The molecule has 1 unspecified atom stereocenters. The van der Waals surface area contributed by atoms with Gasteiger partial charge in [-0.2, -0.15) is 0 Å². The predicted molar refractivity (Wildman–Crippen MR) is 79.7 cm³/mol. The lowest BCUT2D eigenvalue weighted by Gasteiger charge is -2.16. The molecule has 1 aromatic carbocycles. The molecule has 0 bridgehead atoms. The molecule has 1 aliphatic heterocycles. The molecule has 2 atom stereocenters. The summed E-state index contributed by atoms with van der Waals surface area (Å²) < 4.78 is 4.82. The first-order valence-electron chi connectivity index (χ1n) is 7.03. The van der Waals surface area contributed by atoms with Crippen molar-refractivity contribution >= 4 is 5.97 Å². The maximum atomic E-state index is 11.7. The van der Waals surface area contributed by atoms with E-state index in [0.29, 0.717) is 0 Å². The third kappa shape index (κ3) is 3.02. The van der Waals surface area contributed by atoms with Crippen LogP contribution in [-0.4, -0.2) is 43.8 Å². The minimum atomic E-state index is -0.323. The van der Waals surface area contributed by atoms with Crippen LogP contribution in [0.4, 0.5) is 0 Å². The van der Waals surface area contributed by atoms with Gasteiger partial charge in [0.15, 0.2) is 6.17 Å². The summed E-state index contributed by atoms with van der Waals surface area (Å²) in [4.78, 5) is 13.7. The quantitative estimate of drug-likeness (QED) is 0.851. The number of ether oxygens (including phenoxy) is 1. The number of esters is 1. The largest absolute Gasteiger partial charge is 0.467 e. The summed E-state index contributed by atoms with van der Waals surface area (Å²) in [7, 11) is 3.38. The average molecular weight is 276 g/mol. The monoisotopic (exact) mass is 276 g/mol. The number of aryl methyl sites for hydroxylation is 3. The van der Waals surface area contributed by atoms with Gasteiger partial charge in [-0.25, -0.2) is 4.79 Å². The lowest BCUT2D eigenvalue weighted by Crippen LogP contribution is -2.42. The number of hydrogen-bond acceptors (Lipinski definition) is 4. The Balaban J connectivity index is 2.11. The van der Waals surface area contributed by atoms with Gasteiger partial charge in [0.25, 0.3) is 0 Å². The average Bonchev–Trinajstić information content (AvgIpc) is 2.74. The third-order valence-electron chi connectivity index (χ3n) is 4.06. The molecular formula is C16H24N2O2. The molecule has 20 heavy (non-hydrogen) atoms. The molecule has 1 saturated heterocycles. The van der Waals surface area contributed by atoms with Crippen molar-refractivity contribution in [2.24, 2.45) is 0 Å². The summed E-state index contributed by atoms with van der Waals surface area (Å²) in [6, 6.07) is 4.72. The molecular weight excluding hydrogens is 252 g/mol. The summed E-state index contributed by atoms with van der Waals surface area (Å²) in [6.07, 6.45) is 0.617. The van der Waals surface area contributed by atoms with E-state index >= 15 is 0 Å². The van der Waals surface area contributed by atoms with E-state index in [9.17, 15) is 4.79 Å². The SMILES string of the molecule is COC(=O)C1N[C@@H](Cc2c(C)cc(C)cc2C)CN1C. The van der Waals surface area contributed by atoms with Gasteiger partial charge in [0.1, 0.15) is 0 Å². The summed E-state index contributed by atoms with van der Waals surface area (Å²) in [6.45, 7) is 7.29. The maximum absolute atomic E-state index is 11.7. The number of rotatable bonds is 3. The van der Waals surface area contributed by atoms with Crippen LogP contribution < -0.4 is 5.32 Å². The zero-order valence-electron chi connectivity index (χ0n) is 13.0. The number of methoxy groups -OCH3 is 1. The van der Waals surface area contributed by atoms with E-state index in [-0.39, 0.29) is 18.2 Å². The van der Waals surface area contributed by atoms with Crippen LogP contribution >= 0.6 is 0 Å². The highest BCUT2D eigenvalue weighted by Gasteiger charge is 2.34. The smallest absolute Gasteiger partial charge is 0.338 e. The summed E-state index contributed by atoms with van der Waals surface area (Å²) in [5.74, 6) is -0.215. The molecule has 0 amide bonds. The molecule has 1 heterocycles. The number of carbonyl (C=O) groups is 1. The van der Waals surface area contributed by atoms with Crippen LogP contribution in [-0.2, 0) is 16.0 Å². The van der Waals surface area contributed by atoms with Gasteiger partial charge in [-0.05, 0) is 50.9 Å². The zero-order valence-corrected chi connectivity index (χ0v) is 13.0. The molecule has 1 fully saturated rings. The molecule has 0 aromatic heterocycles. The molecule has 4 nitrogen and oxygen atoms in total. The first-order valence-corrected chi connectivity index (χ1v) is 7.03. The fourth-order valence-electron chi connectivity index (χ4n) is 3.12. The van der Waals surface area contributed by atoms with Crippen molar-refractivity contribution in [3.05, 3.63) is 34.4 Å². The predicted octanol–water partition coefficient (Wildman–Crippen LogP) is 1.56. The van der Waals surface area contributed by atoms with Crippen LogP contribution in [0, 0.1) is 20.8 Å². The molecule has 0 radical (unpaired) electrons. The highest BCUT2D eigenvalue weighted by Crippen LogP contribution is 2.20. The van der Waals surface area contributed by atoms with Crippen molar-refractivity contribution in [2.45, 2.75) is 39.4 Å². The van der Waals surface area contributed by atoms with Crippen molar-refractivity contribution in [2.75, 3.05) is 20.7 Å². The van der Waals surface area contributed by atoms with E-state index in [1.165, 1.54) is 29.4 Å². The number of hydrogen-bond donors (Lipinski definition) is 1. The number of nitrogens with zero attached hydrogens (tertiary/aromatic N) is 1. The highest BCUT2D eigenvalue weighted by atomic mass is 16.5. The zero-order chi connectivity index (χ0) is 14.9. The third-order valence-corrected chi connectivity index (χ3v) is 4.06. The molecule has 110 valence electrons. The number of benzene rings is 1. The first-order chi connectivity index (χ1) is 9.42. The van der Waals surface area contributed by atoms with Gasteiger partial charge in [0, 0.05) is 12.6 Å². The minimum Gasteiger partial charge on any atom is -0.467 e. The van der Waals surface area contributed by atoms with Crippen molar-refractivity contribution in [3.8, 4) is 0 Å². The Hall–Kier alpha value is -1.39. The van der Waals surface area contributed by atoms with Gasteiger partial charge in [-0.1, -0.05) is 17.7 Å². The van der Waals surface area contributed by atoms with Crippen LogP contribution in [0.5, 0.6) is 0 Å². The Bertz CT molecular complexity index is 490. The van der Waals surface area contributed by atoms with Crippen LogP contribution in [0.3, 0.4) is 0 Å². The molecule has 0 aliphatic carbocycles. The first kappa shape index (κ1) is 15.0. The van der Waals surface area contributed by atoms with E-state index in [1.54, 1.807) is 0 Å². The Morgan fingerprint density at radius 3 is 2.50 bits per heavy atom. The van der Waals surface area contributed by atoms with Crippen molar-refractivity contribution < 1.29 is 9.53 Å². The van der Waals surface area contributed by atoms with Gasteiger partial charge in [0.2, 0.25) is 0 Å². The van der Waals surface area contributed by atoms with Crippen molar-refractivity contribution in [3.63, 3.8) is 0 Å². The molecule has 1 N–H and O–H groups in total. The standard InChI is InChI=1S/C16H24N2O2/c1-10-6-11(2)14(12(3)7-10)8-13-9-18(4)15(17-13)16(19)20-5/h6-7,13,15,17H,8-9H2,1-5H3/t13-,15?/m0/s1. The van der Waals surface area contributed by atoms with E-state index in [2.05, 4.69) is 38.2 Å². The van der Waals surface area contributed by atoms with Gasteiger partial charge in [-0.3, -0.25) is 10.2 Å². The molecule has 1 aliphatic rings. The molecule has 0 spiro atoms. The molecule has 2 rings (SSSR count). The lowest BCUT2D eigenvalue weighted by atomic mass is 9.94. The normalized spacial score (nSPS) is 23.1. The van der Waals surface area contributed by atoms with Crippen molar-refractivity contribution in [1.82, 2.24) is 10.2 Å². The Morgan fingerprint density at radius 2 is 1.95 bits per heavy atom. The number of likely N-dealkylation sites (N-methyl/N-ethyl adjacent to an activating group) is 1. The van der Waals surface area contributed by atoms with Crippen LogP contribution in [0.1, 0.15) is 22.3 Å². The Morgan fingerprint density at radius 1 is 1.35 bits per heavy atom.